The molecule has 0 bridgehead atoms. The van der Waals surface area contributed by atoms with Crippen LogP contribution in [0.1, 0.15) is 28.9 Å². The van der Waals surface area contributed by atoms with Crippen LogP contribution in [-0.2, 0) is 4.79 Å². The summed E-state index contributed by atoms with van der Waals surface area (Å²) in [4.78, 5) is 21.5. The number of amides is 1. The minimum atomic E-state index is -4.96. The standard InChI is InChI=1S/C13H14F3NO5/c1-7(19)17-5-11(20)12(21)9-2-8(6-18)3-10(4-9)22-13(14,15)16/h2-4,6,11-12,20-21H,5H2,1H3,(H,17,19). The zero-order chi connectivity index (χ0) is 16.9. The van der Waals surface area contributed by atoms with Gasteiger partial charge in [-0.3, -0.25) is 9.59 Å². The van der Waals surface area contributed by atoms with E-state index in [1.54, 1.807) is 0 Å². The number of carbonyl (C=O) groups excluding carboxylic acids is 2. The van der Waals surface area contributed by atoms with E-state index >= 15 is 0 Å². The Hall–Kier alpha value is -2.13. The fourth-order valence-electron chi connectivity index (χ4n) is 1.66. The number of hydrogen-bond acceptors (Lipinski definition) is 5. The third kappa shape index (κ3) is 5.70. The van der Waals surface area contributed by atoms with Gasteiger partial charge in [-0.05, 0) is 23.8 Å². The number of benzene rings is 1. The van der Waals surface area contributed by atoms with Gasteiger partial charge in [-0.25, -0.2) is 0 Å². The Balaban J connectivity index is 2.99. The molecule has 22 heavy (non-hydrogen) atoms. The van der Waals surface area contributed by atoms with Crippen molar-refractivity contribution in [3.05, 3.63) is 29.3 Å². The third-order valence-corrected chi connectivity index (χ3v) is 2.59. The van der Waals surface area contributed by atoms with Crippen molar-refractivity contribution in [2.24, 2.45) is 0 Å². The van der Waals surface area contributed by atoms with Crippen molar-refractivity contribution in [3.8, 4) is 5.75 Å². The van der Waals surface area contributed by atoms with Crippen molar-refractivity contribution in [2.45, 2.75) is 25.5 Å². The maximum absolute atomic E-state index is 12.2. The monoisotopic (exact) mass is 321 g/mol. The van der Waals surface area contributed by atoms with Gasteiger partial charge < -0.3 is 20.3 Å². The first-order valence-corrected chi connectivity index (χ1v) is 6.09. The number of aldehydes is 1. The normalized spacial score (nSPS) is 14.1. The molecular weight excluding hydrogens is 307 g/mol. The summed E-state index contributed by atoms with van der Waals surface area (Å²) >= 11 is 0. The molecule has 2 unspecified atom stereocenters. The second kappa shape index (κ2) is 7.23. The van der Waals surface area contributed by atoms with Gasteiger partial charge in [0.15, 0.2) is 0 Å². The van der Waals surface area contributed by atoms with Crippen LogP contribution in [0.3, 0.4) is 0 Å². The fraction of sp³-hybridized carbons (Fsp3) is 0.385. The summed E-state index contributed by atoms with van der Waals surface area (Å²) in [5, 5.41) is 21.8. The molecule has 0 radical (unpaired) electrons. The molecule has 1 amide bonds. The van der Waals surface area contributed by atoms with Crippen LogP contribution in [0.15, 0.2) is 18.2 Å². The molecule has 1 aromatic carbocycles. The summed E-state index contributed by atoms with van der Waals surface area (Å²) in [5.74, 6) is -1.15. The Morgan fingerprint density at radius 3 is 2.50 bits per heavy atom. The highest BCUT2D eigenvalue weighted by Gasteiger charge is 2.32. The van der Waals surface area contributed by atoms with Gasteiger partial charge >= 0.3 is 6.36 Å². The predicted molar refractivity (Wildman–Crippen MR) is 68.2 cm³/mol. The second-order valence-corrected chi connectivity index (χ2v) is 4.45. The van der Waals surface area contributed by atoms with Crippen LogP contribution in [0.4, 0.5) is 13.2 Å². The first-order valence-electron chi connectivity index (χ1n) is 6.09. The topological polar surface area (TPSA) is 95.9 Å². The number of aliphatic hydroxyl groups excluding tert-OH is 2. The maximum atomic E-state index is 12.2. The van der Waals surface area contributed by atoms with Crippen LogP contribution < -0.4 is 10.1 Å². The number of ether oxygens (including phenoxy) is 1. The molecule has 0 aliphatic carbocycles. The van der Waals surface area contributed by atoms with Crippen LogP contribution in [0.25, 0.3) is 0 Å². The van der Waals surface area contributed by atoms with E-state index in [1.165, 1.54) is 6.92 Å². The van der Waals surface area contributed by atoms with Gasteiger partial charge in [-0.15, -0.1) is 13.2 Å². The van der Waals surface area contributed by atoms with Crippen LogP contribution in [0, 0.1) is 0 Å². The highest BCUT2D eigenvalue weighted by Crippen LogP contribution is 2.28. The number of alkyl halides is 3. The lowest BCUT2D eigenvalue weighted by atomic mass is 10.0. The molecule has 0 heterocycles. The Kier molecular flexibility index (Phi) is 5.89. The smallest absolute Gasteiger partial charge is 0.406 e. The van der Waals surface area contributed by atoms with Gasteiger partial charge in [0, 0.05) is 19.0 Å². The van der Waals surface area contributed by atoms with E-state index in [1.807, 2.05) is 0 Å². The number of hydrogen-bond donors (Lipinski definition) is 3. The van der Waals surface area contributed by atoms with Crippen molar-refractivity contribution in [1.29, 1.82) is 0 Å². The quantitative estimate of drug-likeness (QED) is 0.677. The van der Waals surface area contributed by atoms with Crippen molar-refractivity contribution < 1.29 is 37.7 Å². The summed E-state index contributed by atoms with van der Waals surface area (Å²) in [6.07, 6.45) is -7.76. The van der Waals surface area contributed by atoms with E-state index in [9.17, 15) is 33.0 Å². The second-order valence-electron chi connectivity index (χ2n) is 4.45. The minimum Gasteiger partial charge on any atom is -0.406 e. The highest BCUT2D eigenvalue weighted by molar-refractivity contribution is 5.76. The fourth-order valence-corrected chi connectivity index (χ4v) is 1.66. The van der Waals surface area contributed by atoms with Gasteiger partial charge in [-0.1, -0.05) is 0 Å². The average molecular weight is 321 g/mol. The highest BCUT2D eigenvalue weighted by atomic mass is 19.4. The Morgan fingerprint density at radius 1 is 1.36 bits per heavy atom. The Morgan fingerprint density at radius 2 is 2.00 bits per heavy atom. The van der Waals surface area contributed by atoms with Crippen LogP contribution in [0.2, 0.25) is 0 Å². The number of halogens is 3. The zero-order valence-electron chi connectivity index (χ0n) is 11.4. The number of nitrogens with one attached hydrogen (secondary N) is 1. The van der Waals surface area contributed by atoms with E-state index in [2.05, 4.69) is 10.1 Å². The number of carbonyl (C=O) groups is 2. The van der Waals surface area contributed by atoms with Crippen molar-refractivity contribution in [3.63, 3.8) is 0 Å². The first kappa shape index (κ1) is 17.9. The lowest BCUT2D eigenvalue weighted by molar-refractivity contribution is -0.274. The minimum absolute atomic E-state index is 0.151. The Labute approximate surface area is 123 Å². The molecule has 2 atom stereocenters. The summed E-state index contributed by atoms with van der Waals surface area (Å²) < 4.78 is 40.3. The van der Waals surface area contributed by atoms with Crippen LogP contribution in [0.5, 0.6) is 5.75 Å². The molecule has 0 fully saturated rings. The molecule has 6 nitrogen and oxygen atoms in total. The molecule has 0 spiro atoms. The van der Waals surface area contributed by atoms with E-state index < -0.39 is 30.2 Å². The molecule has 122 valence electrons. The average Bonchev–Trinajstić information content (AvgIpc) is 2.41. The number of rotatable bonds is 6. The summed E-state index contributed by atoms with van der Waals surface area (Å²) in [6, 6.07) is 2.80. The van der Waals surface area contributed by atoms with Gasteiger partial charge in [0.05, 0.1) is 0 Å². The SMILES string of the molecule is CC(=O)NCC(O)C(O)c1cc(C=O)cc(OC(F)(F)F)c1. The number of aliphatic hydroxyl groups is 2. The van der Waals surface area contributed by atoms with E-state index in [-0.39, 0.29) is 24.0 Å². The molecular formula is C13H14F3NO5. The summed E-state index contributed by atoms with van der Waals surface area (Å²) in [5.41, 5.74) is -0.316. The van der Waals surface area contributed by atoms with Gasteiger partial charge in [0.1, 0.15) is 24.2 Å². The molecule has 1 aromatic rings. The lowest BCUT2D eigenvalue weighted by Gasteiger charge is -2.19. The molecule has 0 aliphatic rings. The maximum Gasteiger partial charge on any atom is 0.573 e. The summed E-state index contributed by atoms with van der Waals surface area (Å²) in [7, 11) is 0. The Bertz CT molecular complexity index is 547. The van der Waals surface area contributed by atoms with Gasteiger partial charge in [0.25, 0.3) is 0 Å². The lowest BCUT2D eigenvalue weighted by Crippen LogP contribution is -2.34. The van der Waals surface area contributed by atoms with E-state index in [0.717, 1.165) is 18.2 Å². The molecule has 3 N–H and O–H groups in total. The molecule has 0 aromatic heterocycles. The van der Waals surface area contributed by atoms with Crippen molar-refractivity contribution in [2.75, 3.05) is 6.54 Å². The predicted octanol–water partition coefficient (Wildman–Crippen LogP) is 0.928. The molecule has 1 rings (SSSR count). The molecule has 0 saturated carbocycles. The first-order chi connectivity index (χ1) is 10.1. The van der Waals surface area contributed by atoms with Crippen LogP contribution >= 0.6 is 0 Å². The molecule has 9 heteroatoms. The van der Waals surface area contributed by atoms with Crippen molar-refractivity contribution >= 4 is 12.2 Å². The zero-order valence-corrected chi connectivity index (χ0v) is 11.4. The van der Waals surface area contributed by atoms with Crippen LogP contribution in [-0.4, -0.2) is 41.4 Å². The molecule has 0 saturated heterocycles. The summed E-state index contributed by atoms with van der Waals surface area (Å²) in [6.45, 7) is 0.888. The van der Waals surface area contributed by atoms with Crippen molar-refractivity contribution in [1.82, 2.24) is 5.32 Å². The molecule has 0 aliphatic heterocycles. The van der Waals surface area contributed by atoms with E-state index in [4.69, 9.17) is 0 Å². The van der Waals surface area contributed by atoms with E-state index in [0.29, 0.717) is 0 Å². The third-order valence-electron chi connectivity index (χ3n) is 2.59. The van der Waals surface area contributed by atoms with Gasteiger partial charge in [-0.2, -0.15) is 0 Å². The largest absolute Gasteiger partial charge is 0.573 e. The van der Waals surface area contributed by atoms with Gasteiger partial charge in [0.2, 0.25) is 5.91 Å².